The molecule has 2 N–H and O–H groups in total. The second-order valence-electron chi connectivity index (χ2n) is 5.49. The van der Waals surface area contributed by atoms with Crippen LogP contribution in [0.2, 0.25) is 0 Å². The number of rotatable bonds is 6. The van der Waals surface area contributed by atoms with Crippen molar-refractivity contribution < 1.29 is 14.3 Å². The van der Waals surface area contributed by atoms with Crippen LogP contribution in [0, 0.1) is 0 Å². The molecule has 0 bridgehead atoms. The number of ether oxygens (including phenoxy) is 1. The Morgan fingerprint density at radius 3 is 2.52 bits per heavy atom. The van der Waals surface area contributed by atoms with E-state index in [9.17, 15) is 9.59 Å². The Kier molecular flexibility index (Phi) is 5.68. The first-order valence-corrected chi connectivity index (χ1v) is 8.11. The highest BCUT2D eigenvalue weighted by Gasteiger charge is 2.15. The lowest BCUT2D eigenvalue weighted by Crippen LogP contribution is -2.17. The number of hydrogen-bond donors (Lipinski definition) is 2. The molecule has 2 aromatic heterocycles. The van der Waals surface area contributed by atoms with E-state index >= 15 is 0 Å². The van der Waals surface area contributed by atoms with Gasteiger partial charge in [-0.15, -0.1) is 0 Å². The molecule has 3 rings (SSSR count). The van der Waals surface area contributed by atoms with Crippen molar-refractivity contribution in [3.8, 4) is 0 Å². The molecule has 0 aliphatic rings. The van der Waals surface area contributed by atoms with Crippen LogP contribution < -0.4 is 10.6 Å². The van der Waals surface area contributed by atoms with E-state index in [-0.39, 0.29) is 11.3 Å². The number of hydrogen-bond acceptors (Lipinski definition) is 7. The first kappa shape index (κ1) is 18.0. The second-order valence-corrected chi connectivity index (χ2v) is 5.49. The minimum atomic E-state index is -0.535. The van der Waals surface area contributed by atoms with E-state index in [1.807, 2.05) is 12.1 Å². The monoisotopic (exact) mass is 363 g/mol. The van der Waals surface area contributed by atoms with E-state index in [0.717, 1.165) is 5.56 Å². The Labute approximate surface area is 155 Å². The van der Waals surface area contributed by atoms with E-state index in [1.165, 1.54) is 19.5 Å². The van der Waals surface area contributed by atoms with Crippen LogP contribution in [0.25, 0.3) is 0 Å². The van der Waals surface area contributed by atoms with Crippen LogP contribution in [0.5, 0.6) is 0 Å². The van der Waals surface area contributed by atoms with E-state index < -0.39 is 11.9 Å². The lowest BCUT2D eigenvalue weighted by Gasteiger charge is -2.09. The number of nitrogens with one attached hydrogen (secondary N) is 2. The number of amides is 1. The number of benzene rings is 1. The SMILES string of the molecule is COC(=O)c1ccccc1NC(=O)c1cnc(NCc2ccncc2)cn1. The number of carbonyl (C=O) groups is 2. The van der Waals surface area contributed by atoms with Crippen LogP contribution >= 0.6 is 0 Å². The van der Waals surface area contributed by atoms with Gasteiger partial charge in [-0.3, -0.25) is 9.78 Å². The normalized spacial score (nSPS) is 10.1. The number of aromatic nitrogens is 3. The minimum absolute atomic E-state index is 0.129. The molecule has 0 unspecified atom stereocenters. The van der Waals surface area contributed by atoms with Crippen molar-refractivity contribution in [1.82, 2.24) is 15.0 Å². The number of nitrogens with zero attached hydrogens (tertiary/aromatic N) is 3. The van der Waals surface area contributed by atoms with Crippen molar-refractivity contribution in [3.05, 3.63) is 78.0 Å². The number of anilines is 2. The summed E-state index contributed by atoms with van der Waals surface area (Å²) in [6.45, 7) is 0.565. The molecule has 8 heteroatoms. The van der Waals surface area contributed by atoms with Gasteiger partial charge in [0.05, 0.1) is 30.8 Å². The molecule has 0 saturated heterocycles. The summed E-state index contributed by atoms with van der Waals surface area (Å²) < 4.78 is 4.71. The maximum Gasteiger partial charge on any atom is 0.339 e. The van der Waals surface area contributed by atoms with Gasteiger partial charge >= 0.3 is 5.97 Å². The molecule has 1 amide bonds. The maximum atomic E-state index is 12.4. The molecular formula is C19H17N5O3. The van der Waals surface area contributed by atoms with Crippen molar-refractivity contribution in [2.24, 2.45) is 0 Å². The van der Waals surface area contributed by atoms with Gasteiger partial charge in [-0.05, 0) is 29.8 Å². The Morgan fingerprint density at radius 1 is 1.04 bits per heavy atom. The van der Waals surface area contributed by atoms with E-state index in [2.05, 4.69) is 25.6 Å². The fourth-order valence-electron chi connectivity index (χ4n) is 2.30. The first-order chi connectivity index (χ1) is 13.2. The van der Waals surface area contributed by atoms with Crippen molar-refractivity contribution in [2.45, 2.75) is 6.54 Å². The summed E-state index contributed by atoms with van der Waals surface area (Å²) in [5.74, 6) is -0.467. The van der Waals surface area contributed by atoms with Crippen LogP contribution in [0.15, 0.2) is 61.2 Å². The zero-order valence-electron chi connectivity index (χ0n) is 14.5. The smallest absolute Gasteiger partial charge is 0.339 e. The molecule has 0 radical (unpaired) electrons. The molecule has 8 nitrogen and oxygen atoms in total. The van der Waals surface area contributed by atoms with Gasteiger partial charge in [-0.2, -0.15) is 0 Å². The Hall–Kier alpha value is -3.81. The maximum absolute atomic E-state index is 12.4. The third kappa shape index (κ3) is 4.63. The van der Waals surface area contributed by atoms with Crippen molar-refractivity contribution in [3.63, 3.8) is 0 Å². The standard InChI is InChI=1S/C19H17N5O3/c1-27-19(26)14-4-2-3-5-15(14)24-18(25)16-11-23-17(12-21-16)22-10-13-6-8-20-9-7-13/h2-9,11-12H,10H2,1H3,(H,22,23)(H,24,25). The first-order valence-electron chi connectivity index (χ1n) is 8.11. The summed E-state index contributed by atoms with van der Waals surface area (Å²) in [7, 11) is 1.28. The zero-order valence-corrected chi connectivity index (χ0v) is 14.5. The van der Waals surface area contributed by atoms with Gasteiger partial charge in [-0.1, -0.05) is 12.1 Å². The molecule has 2 heterocycles. The highest BCUT2D eigenvalue weighted by atomic mass is 16.5. The molecule has 0 fully saturated rings. The number of pyridine rings is 1. The predicted molar refractivity (Wildman–Crippen MR) is 99.3 cm³/mol. The number of para-hydroxylation sites is 1. The summed E-state index contributed by atoms with van der Waals surface area (Å²) in [5, 5.41) is 5.76. The van der Waals surface area contributed by atoms with Gasteiger partial charge < -0.3 is 15.4 Å². The molecule has 1 aromatic carbocycles. The molecule has 0 saturated carbocycles. The van der Waals surface area contributed by atoms with Gasteiger partial charge in [0.25, 0.3) is 5.91 Å². The summed E-state index contributed by atoms with van der Waals surface area (Å²) in [6.07, 6.45) is 6.26. The van der Waals surface area contributed by atoms with Crippen LogP contribution in [-0.4, -0.2) is 33.9 Å². The van der Waals surface area contributed by atoms with E-state index in [0.29, 0.717) is 18.1 Å². The highest BCUT2D eigenvalue weighted by molar-refractivity contribution is 6.06. The van der Waals surface area contributed by atoms with Gasteiger partial charge in [0, 0.05) is 18.9 Å². The predicted octanol–water partition coefficient (Wildman–Crippen LogP) is 2.52. The molecule has 0 spiro atoms. The lowest BCUT2D eigenvalue weighted by atomic mass is 10.1. The molecule has 27 heavy (non-hydrogen) atoms. The topological polar surface area (TPSA) is 106 Å². The van der Waals surface area contributed by atoms with Crippen LogP contribution in [0.4, 0.5) is 11.5 Å². The number of esters is 1. The van der Waals surface area contributed by atoms with E-state index in [4.69, 9.17) is 4.74 Å². The Bertz CT molecular complexity index is 930. The fraction of sp³-hybridized carbons (Fsp3) is 0.105. The van der Waals surface area contributed by atoms with Crippen molar-refractivity contribution >= 4 is 23.4 Å². The average Bonchev–Trinajstić information content (AvgIpc) is 2.73. The summed E-state index contributed by atoms with van der Waals surface area (Å²) >= 11 is 0. The van der Waals surface area contributed by atoms with E-state index in [1.54, 1.807) is 36.7 Å². The summed E-state index contributed by atoms with van der Waals surface area (Å²) in [4.78, 5) is 36.4. The van der Waals surface area contributed by atoms with Crippen molar-refractivity contribution in [2.75, 3.05) is 17.7 Å². The largest absolute Gasteiger partial charge is 0.465 e. The van der Waals surface area contributed by atoms with Crippen LogP contribution in [0.3, 0.4) is 0 Å². The van der Waals surface area contributed by atoms with Crippen molar-refractivity contribution in [1.29, 1.82) is 0 Å². The third-order valence-corrected chi connectivity index (χ3v) is 3.69. The Morgan fingerprint density at radius 2 is 1.81 bits per heavy atom. The van der Waals surface area contributed by atoms with Gasteiger partial charge in [0.1, 0.15) is 11.5 Å². The fourth-order valence-corrected chi connectivity index (χ4v) is 2.30. The van der Waals surface area contributed by atoms with Crippen LogP contribution in [-0.2, 0) is 11.3 Å². The average molecular weight is 363 g/mol. The third-order valence-electron chi connectivity index (χ3n) is 3.69. The quantitative estimate of drug-likeness (QED) is 0.648. The lowest BCUT2D eigenvalue weighted by molar-refractivity contribution is 0.0602. The molecule has 0 aliphatic carbocycles. The molecule has 0 aliphatic heterocycles. The molecule has 3 aromatic rings. The summed E-state index contributed by atoms with van der Waals surface area (Å²) in [6, 6.07) is 10.4. The van der Waals surface area contributed by atoms with Gasteiger partial charge in [0.15, 0.2) is 0 Å². The van der Waals surface area contributed by atoms with Gasteiger partial charge in [-0.25, -0.2) is 14.8 Å². The molecular weight excluding hydrogens is 346 g/mol. The minimum Gasteiger partial charge on any atom is -0.465 e. The summed E-state index contributed by atoms with van der Waals surface area (Å²) in [5.41, 5.74) is 1.78. The van der Waals surface area contributed by atoms with Gasteiger partial charge in [0.2, 0.25) is 0 Å². The number of methoxy groups -OCH3 is 1. The Balaban J connectivity index is 1.65. The molecule has 0 atom stereocenters. The zero-order chi connectivity index (χ0) is 19.1. The van der Waals surface area contributed by atoms with Crippen LogP contribution in [0.1, 0.15) is 26.4 Å². The molecule has 136 valence electrons. The highest BCUT2D eigenvalue weighted by Crippen LogP contribution is 2.17. The second kappa shape index (κ2) is 8.52. The number of carbonyl (C=O) groups excluding carboxylic acids is 2.